The van der Waals surface area contributed by atoms with Crippen molar-refractivity contribution in [3.8, 4) is 6.07 Å². The highest BCUT2D eigenvalue weighted by Gasteiger charge is 2.08. The number of amides is 1. The van der Waals surface area contributed by atoms with Gasteiger partial charge in [0.1, 0.15) is 11.6 Å². The van der Waals surface area contributed by atoms with Gasteiger partial charge in [-0.15, -0.1) is 0 Å². The highest BCUT2D eigenvalue weighted by Crippen LogP contribution is 2.14. The molecule has 1 N–H and O–H groups in total. The van der Waals surface area contributed by atoms with E-state index in [1.54, 1.807) is 13.2 Å². The van der Waals surface area contributed by atoms with Crippen molar-refractivity contribution in [2.24, 2.45) is 0 Å². The van der Waals surface area contributed by atoms with Crippen molar-refractivity contribution in [3.63, 3.8) is 0 Å². The van der Waals surface area contributed by atoms with Gasteiger partial charge in [-0.1, -0.05) is 12.1 Å². The lowest BCUT2D eigenvalue weighted by Crippen LogP contribution is -2.27. The van der Waals surface area contributed by atoms with E-state index in [1.807, 2.05) is 49.3 Å². The lowest BCUT2D eigenvalue weighted by atomic mass is 10.1. The fourth-order valence-corrected chi connectivity index (χ4v) is 1.55. The largest absolute Gasteiger partial charge is 0.383 e. The van der Waals surface area contributed by atoms with Gasteiger partial charge >= 0.3 is 0 Å². The van der Waals surface area contributed by atoms with Crippen LogP contribution in [0.3, 0.4) is 0 Å². The molecule has 0 heterocycles. The molecule has 0 fully saturated rings. The number of rotatable bonds is 6. The topological polar surface area (TPSA) is 65.4 Å². The van der Waals surface area contributed by atoms with Gasteiger partial charge in [0, 0.05) is 33.4 Å². The van der Waals surface area contributed by atoms with E-state index in [0.717, 1.165) is 11.3 Å². The number of carbonyl (C=O) groups excluding carboxylic acids is 1. The third-order valence-electron chi connectivity index (χ3n) is 2.68. The summed E-state index contributed by atoms with van der Waals surface area (Å²) in [6.45, 7) is 0.801. The van der Waals surface area contributed by atoms with Gasteiger partial charge in [-0.25, -0.2) is 0 Å². The van der Waals surface area contributed by atoms with E-state index in [0.29, 0.717) is 13.2 Å². The maximum absolute atomic E-state index is 11.8. The van der Waals surface area contributed by atoms with Crippen molar-refractivity contribution in [3.05, 3.63) is 35.4 Å². The Bertz CT molecular complexity index is 513. The lowest BCUT2D eigenvalue weighted by Gasteiger charge is -2.11. The number of hydrogen-bond acceptors (Lipinski definition) is 4. The maximum Gasteiger partial charge on any atom is 0.262 e. The van der Waals surface area contributed by atoms with Crippen LogP contribution < -0.4 is 10.2 Å². The number of anilines is 1. The van der Waals surface area contributed by atoms with E-state index >= 15 is 0 Å². The van der Waals surface area contributed by atoms with Gasteiger partial charge < -0.3 is 15.0 Å². The van der Waals surface area contributed by atoms with Crippen molar-refractivity contribution in [2.75, 3.05) is 39.3 Å². The Balaban J connectivity index is 2.78. The first-order valence-corrected chi connectivity index (χ1v) is 6.24. The van der Waals surface area contributed by atoms with Crippen LogP contribution in [0.1, 0.15) is 5.56 Å². The standard InChI is InChI=1S/C15H19N3O2/c1-18(2)14-6-4-12(5-7-14)10-13(11-16)15(19)17-8-9-20-3/h4-7,10H,8-9H2,1-3H3,(H,17,19)/b13-10+. The van der Waals surface area contributed by atoms with Gasteiger partial charge in [-0.05, 0) is 23.8 Å². The molecule has 1 rings (SSSR count). The molecule has 0 unspecified atom stereocenters. The molecule has 0 aliphatic carbocycles. The highest BCUT2D eigenvalue weighted by atomic mass is 16.5. The second-order valence-electron chi connectivity index (χ2n) is 4.40. The van der Waals surface area contributed by atoms with E-state index in [9.17, 15) is 4.79 Å². The third kappa shape index (κ3) is 4.75. The summed E-state index contributed by atoms with van der Waals surface area (Å²) >= 11 is 0. The molecule has 1 aromatic rings. The molecule has 1 amide bonds. The van der Waals surface area contributed by atoms with E-state index in [4.69, 9.17) is 10.00 Å². The quantitative estimate of drug-likeness (QED) is 0.483. The van der Waals surface area contributed by atoms with Crippen LogP contribution in [-0.4, -0.2) is 40.3 Å². The van der Waals surface area contributed by atoms with Crippen LogP contribution in [0.25, 0.3) is 6.08 Å². The summed E-state index contributed by atoms with van der Waals surface area (Å²) in [6.07, 6.45) is 1.57. The summed E-state index contributed by atoms with van der Waals surface area (Å²) in [5, 5.41) is 11.7. The molecule has 0 aromatic heterocycles. The van der Waals surface area contributed by atoms with E-state index < -0.39 is 0 Å². The SMILES string of the molecule is COCCNC(=O)/C(C#N)=C/c1ccc(N(C)C)cc1. The van der Waals surface area contributed by atoms with E-state index in [-0.39, 0.29) is 11.5 Å². The first kappa shape index (κ1) is 15.7. The Hall–Kier alpha value is -2.32. The van der Waals surface area contributed by atoms with Crippen molar-refractivity contribution in [1.82, 2.24) is 5.32 Å². The van der Waals surface area contributed by atoms with Crippen molar-refractivity contribution in [1.29, 1.82) is 5.26 Å². The Kier molecular flexibility index (Phi) is 6.27. The molecule has 0 spiro atoms. The van der Waals surface area contributed by atoms with Crippen LogP contribution in [-0.2, 0) is 9.53 Å². The molecule has 0 atom stereocenters. The summed E-state index contributed by atoms with van der Waals surface area (Å²) in [4.78, 5) is 13.7. The molecule has 20 heavy (non-hydrogen) atoms. The number of hydrogen-bond donors (Lipinski definition) is 1. The summed E-state index contributed by atoms with van der Waals surface area (Å²) < 4.78 is 4.84. The average molecular weight is 273 g/mol. The lowest BCUT2D eigenvalue weighted by molar-refractivity contribution is -0.117. The Morgan fingerprint density at radius 1 is 1.40 bits per heavy atom. The zero-order chi connectivity index (χ0) is 15.0. The van der Waals surface area contributed by atoms with Crippen molar-refractivity contribution in [2.45, 2.75) is 0 Å². The molecule has 0 aliphatic rings. The Labute approximate surface area is 119 Å². The minimum absolute atomic E-state index is 0.0821. The number of nitrogens with one attached hydrogen (secondary N) is 1. The van der Waals surface area contributed by atoms with Crippen LogP contribution >= 0.6 is 0 Å². The molecule has 5 nitrogen and oxygen atoms in total. The van der Waals surface area contributed by atoms with Gasteiger partial charge in [0.25, 0.3) is 5.91 Å². The van der Waals surface area contributed by atoms with Crippen molar-refractivity contribution < 1.29 is 9.53 Å². The van der Waals surface area contributed by atoms with Gasteiger partial charge in [0.15, 0.2) is 0 Å². The molecular weight excluding hydrogens is 254 g/mol. The van der Waals surface area contributed by atoms with Crippen LogP contribution in [0.4, 0.5) is 5.69 Å². The molecule has 0 bridgehead atoms. The molecule has 5 heteroatoms. The molecule has 0 saturated heterocycles. The molecule has 0 saturated carbocycles. The maximum atomic E-state index is 11.8. The number of methoxy groups -OCH3 is 1. The van der Waals surface area contributed by atoms with Crippen LogP contribution in [0.15, 0.2) is 29.8 Å². The first-order chi connectivity index (χ1) is 9.58. The predicted octanol–water partition coefficient (Wildman–Crippen LogP) is 1.42. The van der Waals surface area contributed by atoms with Gasteiger partial charge in [-0.3, -0.25) is 4.79 Å². The summed E-state index contributed by atoms with van der Waals surface area (Å²) in [7, 11) is 5.46. The molecule has 106 valence electrons. The Morgan fingerprint density at radius 2 is 2.05 bits per heavy atom. The number of benzene rings is 1. The molecule has 0 aliphatic heterocycles. The minimum Gasteiger partial charge on any atom is -0.383 e. The Morgan fingerprint density at radius 3 is 2.55 bits per heavy atom. The van der Waals surface area contributed by atoms with Gasteiger partial charge in [0.05, 0.1) is 6.61 Å². The van der Waals surface area contributed by atoms with E-state index in [1.165, 1.54) is 0 Å². The summed E-state index contributed by atoms with van der Waals surface area (Å²) in [5.74, 6) is -0.388. The summed E-state index contributed by atoms with van der Waals surface area (Å²) in [5.41, 5.74) is 1.96. The number of carbonyl (C=O) groups is 1. The first-order valence-electron chi connectivity index (χ1n) is 6.24. The molecule has 1 aromatic carbocycles. The minimum atomic E-state index is -0.388. The highest BCUT2D eigenvalue weighted by molar-refractivity contribution is 6.01. The van der Waals surface area contributed by atoms with Crippen LogP contribution in [0, 0.1) is 11.3 Å². The summed E-state index contributed by atoms with van der Waals surface area (Å²) in [6, 6.07) is 9.52. The monoisotopic (exact) mass is 273 g/mol. The normalized spacial score (nSPS) is 10.8. The average Bonchev–Trinajstić information content (AvgIpc) is 2.45. The fourth-order valence-electron chi connectivity index (χ4n) is 1.55. The number of ether oxygens (including phenoxy) is 1. The third-order valence-corrected chi connectivity index (χ3v) is 2.68. The van der Waals surface area contributed by atoms with Gasteiger partial charge in [0.2, 0.25) is 0 Å². The van der Waals surface area contributed by atoms with Gasteiger partial charge in [-0.2, -0.15) is 5.26 Å². The second-order valence-corrected chi connectivity index (χ2v) is 4.40. The second kappa shape index (κ2) is 7.97. The van der Waals surface area contributed by atoms with Crippen LogP contribution in [0.2, 0.25) is 0 Å². The smallest absolute Gasteiger partial charge is 0.262 e. The zero-order valence-corrected chi connectivity index (χ0v) is 12.0. The van der Waals surface area contributed by atoms with Crippen molar-refractivity contribution >= 4 is 17.7 Å². The molecule has 0 radical (unpaired) electrons. The zero-order valence-electron chi connectivity index (χ0n) is 12.0. The predicted molar refractivity (Wildman–Crippen MR) is 79.2 cm³/mol. The number of nitriles is 1. The fraction of sp³-hybridized carbons (Fsp3) is 0.333. The van der Waals surface area contributed by atoms with E-state index in [2.05, 4.69) is 5.32 Å². The van der Waals surface area contributed by atoms with Crippen LogP contribution in [0.5, 0.6) is 0 Å². The number of nitrogens with zero attached hydrogens (tertiary/aromatic N) is 2. The molecular formula is C15H19N3O2.